The van der Waals surface area contributed by atoms with Crippen LogP contribution < -0.4 is 11.2 Å². The number of H-pyrrole nitrogens is 2. The second kappa shape index (κ2) is 6.81. The summed E-state index contributed by atoms with van der Waals surface area (Å²) >= 11 is 3.37. The van der Waals surface area contributed by atoms with E-state index in [0.29, 0.717) is 12.1 Å². The second-order valence-corrected chi connectivity index (χ2v) is 5.84. The van der Waals surface area contributed by atoms with Gasteiger partial charge in [-0.15, -0.1) is 5.10 Å². The van der Waals surface area contributed by atoms with Crippen molar-refractivity contribution in [1.82, 2.24) is 30.2 Å². The SMILES string of the molecule is CCc1cc(Br)ccc1-n1c(O)c(C=Nc2nn[nH]n2)c(=O)[nH]c1=O. The number of aryl methyl sites for hydroxylation is 1. The Morgan fingerprint density at radius 2 is 2.20 bits per heavy atom. The summed E-state index contributed by atoms with van der Waals surface area (Å²) in [6.45, 7) is 1.91. The molecule has 0 saturated heterocycles. The van der Waals surface area contributed by atoms with Crippen LogP contribution in [0.3, 0.4) is 0 Å². The predicted molar refractivity (Wildman–Crippen MR) is 92.8 cm³/mol. The van der Waals surface area contributed by atoms with Gasteiger partial charge in [0.05, 0.1) is 5.69 Å². The molecule has 11 heteroatoms. The van der Waals surface area contributed by atoms with Crippen molar-refractivity contribution < 1.29 is 5.11 Å². The van der Waals surface area contributed by atoms with E-state index in [1.165, 1.54) is 0 Å². The first-order valence-electron chi connectivity index (χ1n) is 7.16. The van der Waals surface area contributed by atoms with Crippen molar-refractivity contribution in [3.8, 4) is 11.6 Å². The lowest BCUT2D eigenvalue weighted by Crippen LogP contribution is -2.31. The number of rotatable bonds is 4. The molecule has 2 aromatic heterocycles. The summed E-state index contributed by atoms with van der Waals surface area (Å²) in [5.74, 6) is -0.549. The highest BCUT2D eigenvalue weighted by Gasteiger charge is 2.16. The van der Waals surface area contributed by atoms with Gasteiger partial charge in [-0.05, 0) is 35.4 Å². The summed E-state index contributed by atoms with van der Waals surface area (Å²) in [5.41, 5.74) is -0.467. The van der Waals surface area contributed by atoms with Gasteiger partial charge >= 0.3 is 5.69 Å². The van der Waals surface area contributed by atoms with Crippen LogP contribution in [0.5, 0.6) is 5.88 Å². The Balaban J connectivity index is 2.20. The molecule has 1 aromatic carbocycles. The Labute approximate surface area is 148 Å². The van der Waals surface area contributed by atoms with Crippen LogP contribution in [0.4, 0.5) is 5.95 Å². The highest BCUT2D eigenvalue weighted by atomic mass is 79.9. The molecule has 0 aliphatic carbocycles. The van der Waals surface area contributed by atoms with Gasteiger partial charge in [-0.25, -0.2) is 14.4 Å². The lowest BCUT2D eigenvalue weighted by atomic mass is 10.1. The van der Waals surface area contributed by atoms with Crippen molar-refractivity contribution in [1.29, 1.82) is 0 Å². The molecule has 0 aliphatic heterocycles. The van der Waals surface area contributed by atoms with Gasteiger partial charge in [-0.2, -0.15) is 5.21 Å². The van der Waals surface area contributed by atoms with Crippen LogP contribution in [0.15, 0.2) is 37.3 Å². The third-order valence-electron chi connectivity index (χ3n) is 3.43. The smallest absolute Gasteiger partial charge is 0.335 e. The lowest BCUT2D eigenvalue weighted by molar-refractivity contribution is 0.429. The summed E-state index contributed by atoms with van der Waals surface area (Å²) in [6.07, 6.45) is 1.69. The number of halogens is 1. The zero-order valence-corrected chi connectivity index (χ0v) is 14.5. The number of hydrogen-bond acceptors (Lipinski definition) is 7. The molecule has 2 heterocycles. The molecule has 0 bridgehead atoms. The van der Waals surface area contributed by atoms with Crippen LogP contribution in [0.25, 0.3) is 5.69 Å². The first-order valence-corrected chi connectivity index (χ1v) is 7.95. The largest absolute Gasteiger partial charge is 0.493 e. The molecule has 3 aromatic rings. The maximum atomic E-state index is 12.3. The van der Waals surface area contributed by atoms with Gasteiger partial charge in [0.2, 0.25) is 5.88 Å². The van der Waals surface area contributed by atoms with E-state index in [9.17, 15) is 14.7 Å². The summed E-state index contributed by atoms with van der Waals surface area (Å²) in [4.78, 5) is 30.3. The van der Waals surface area contributed by atoms with Gasteiger partial charge in [0, 0.05) is 10.7 Å². The highest BCUT2D eigenvalue weighted by molar-refractivity contribution is 9.10. The zero-order valence-electron chi connectivity index (χ0n) is 12.9. The lowest BCUT2D eigenvalue weighted by Gasteiger charge is -2.13. The number of nitrogens with zero attached hydrogens (tertiary/aromatic N) is 5. The Hall–Kier alpha value is -3.08. The highest BCUT2D eigenvalue weighted by Crippen LogP contribution is 2.23. The minimum Gasteiger partial charge on any atom is -0.493 e. The number of benzene rings is 1. The number of aromatic hydroxyl groups is 1. The average molecular weight is 406 g/mol. The topological polar surface area (TPSA) is 142 Å². The van der Waals surface area contributed by atoms with Crippen LogP contribution in [-0.2, 0) is 6.42 Å². The van der Waals surface area contributed by atoms with E-state index in [0.717, 1.165) is 20.8 Å². The van der Waals surface area contributed by atoms with E-state index in [1.54, 1.807) is 12.1 Å². The monoisotopic (exact) mass is 405 g/mol. The molecule has 3 rings (SSSR count). The average Bonchev–Trinajstić information content (AvgIpc) is 3.09. The third-order valence-corrected chi connectivity index (χ3v) is 3.92. The van der Waals surface area contributed by atoms with Crippen LogP contribution in [0.1, 0.15) is 18.1 Å². The minimum absolute atomic E-state index is 0.0190. The fourth-order valence-corrected chi connectivity index (χ4v) is 2.68. The Morgan fingerprint density at radius 1 is 1.40 bits per heavy atom. The zero-order chi connectivity index (χ0) is 18.0. The summed E-state index contributed by atoms with van der Waals surface area (Å²) in [5, 5.41) is 23.3. The van der Waals surface area contributed by atoms with Gasteiger partial charge in [-0.3, -0.25) is 9.78 Å². The molecule has 0 spiro atoms. The van der Waals surface area contributed by atoms with Gasteiger partial charge in [0.15, 0.2) is 0 Å². The van der Waals surface area contributed by atoms with Crippen molar-refractivity contribution in [2.75, 3.05) is 0 Å². The standard InChI is InChI=1S/C14H12BrN7O3/c1-2-7-5-8(15)3-4-10(7)22-12(24)9(11(23)17-14(22)25)6-16-13-18-20-21-19-13/h3-6,24H,2H2,1H3,(H,17,23,25)(H,18,19,20,21). The first kappa shape index (κ1) is 16.8. The Kier molecular flexibility index (Phi) is 4.57. The summed E-state index contributed by atoms with van der Waals surface area (Å²) < 4.78 is 1.86. The van der Waals surface area contributed by atoms with Crippen molar-refractivity contribution in [2.24, 2.45) is 4.99 Å². The number of aromatic amines is 2. The molecule has 10 nitrogen and oxygen atoms in total. The molecule has 0 amide bonds. The van der Waals surface area contributed by atoms with E-state index < -0.39 is 17.1 Å². The normalized spacial score (nSPS) is 11.3. The Morgan fingerprint density at radius 3 is 2.88 bits per heavy atom. The fourth-order valence-electron chi connectivity index (χ4n) is 2.27. The molecular formula is C14H12BrN7O3. The molecule has 128 valence electrons. The van der Waals surface area contributed by atoms with Crippen LogP contribution in [0.2, 0.25) is 0 Å². The van der Waals surface area contributed by atoms with E-state index in [1.807, 2.05) is 13.0 Å². The predicted octanol–water partition coefficient (Wildman–Crippen LogP) is 0.820. The van der Waals surface area contributed by atoms with Gasteiger partial charge in [-0.1, -0.05) is 28.0 Å². The number of aliphatic imine (C=N–C) groups is 1. The van der Waals surface area contributed by atoms with Gasteiger partial charge in [0.25, 0.3) is 11.5 Å². The number of aromatic nitrogens is 6. The molecule has 0 aliphatic rings. The van der Waals surface area contributed by atoms with Crippen LogP contribution >= 0.6 is 15.9 Å². The van der Waals surface area contributed by atoms with Gasteiger partial charge in [0.1, 0.15) is 5.56 Å². The van der Waals surface area contributed by atoms with E-state index >= 15 is 0 Å². The Bertz CT molecular complexity index is 1050. The first-order chi connectivity index (χ1) is 12.0. The van der Waals surface area contributed by atoms with E-state index in [2.05, 4.69) is 46.5 Å². The summed E-state index contributed by atoms with van der Waals surface area (Å²) in [6, 6.07) is 5.24. The van der Waals surface area contributed by atoms with E-state index in [4.69, 9.17) is 0 Å². The van der Waals surface area contributed by atoms with Crippen LogP contribution in [-0.4, -0.2) is 41.5 Å². The van der Waals surface area contributed by atoms with Crippen molar-refractivity contribution in [3.63, 3.8) is 0 Å². The van der Waals surface area contributed by atoms with E-state index in [-0.39, 0.29) is 11.5 Å². The fraction of sp³-hybridized carbons (Fsp3) is 0.143. The number of tetrazole rings is 1. The van der Waals surface area contributed by atoms with Crippen molar-refractivity contribution >= 4 is 28.1 Å². The third kappa shape index (κ3) is 3.26. The van der Waals surface area contributed by atoms with Crippen LogP contribution in [0, 0.1) is 0 Å². The quantitative estimate of drug-likeness (QED) is 0.548. The molecule has 0 radical (unpaired) electrons. The molecule has 3 N–H and O–H groups in total. The minimum atomic E-state index is -0.777. The number of hydrogen-bond donors (Lipinski definition) is 3. The molecular weight excluding hydrogens is 394 g/mol. The molecule has 0 fully saturated rings. The maximum Gasteiger partial charge on any atom is 0.335 e. The maximum absolute atomic E-state index is 12.3. The number of nitrogens with one attached hydrogen (secondary N) is 2. The molecule has 0 saturated carbocycles. The van der Waals surface area contributed by atoms with Crippen molar-refractivity contribution in [2.45, 2.75) is 13.3 Å². The molecule has 25 heavy (non-hydrogen) atoms. The van der Waals surface area contributed by atoms with Gasteiger partial charge < -0.3 is 5.11 Å². The molecule has 0 unspecified atom stereocenters. The second-order valence-electron chi connectivity index (χ2n) is 4.93. The molecule has 0 atom stereocenters. The van der Waals surface area contributed by atoms with Crippen molar-refractivity contribution in [3.05, 3.63) is 54.6 Å². The summed E-state index contributed by atoms with van der Waals surface area (Å²) in [7, 11) is 0.